The summed E-state index contributed by atoms with van der Waals surface area (Å²) in [6.45, 7) is 1.79. The Morgan fingerprint density at radius 3 is 2.54 bits per heavy atom. The Morgan fingerprint density at radius 2 is 1.83 bits per heavy atom. The van der Waals surface area contributed by atoms with Crippen molar-refractivity contribution in [1.29, 1.82) is 0 Å². The normalized spacial score (nSPS) is 13.8. The van der Waals surface area contributed by atoms with Gasteiger partial charge in [0.15, 0.2) is 5.76 Å². The van der Waals surface area contributed by atoms with Gasteiger partial charge in [-0.15, -0.1) is 0 Å². The molecule has 0 saturated carbocycles. The number of carbonyl (C=O) groups excluding carboxylic acids is 2. The fourth-order valence-electron chi connectivity index (χ4n) is 3.93. The van der Waals surface area contributed by atoms with Gasteiger partial charge in [0.2, 0.25) is 0 Å². The Bertz CT molecular complexity index is 1330. The second-order valence-corrected chi connectivity index (χ2v) is 8.70. The lowest BCUT2D eigenvalue weighted by atomic mass is 9.93. The van der Waals surface area contributed by atoms with Crippen LogP contribution >= 0.6 is 23.2 Å². The average molecular weight is 516 g/mol. The lowest BCUT2D eigenvalue weighted by molar-refractivity contribution is 0.0953. The number of hydrazone groups is 1. The molecule has 0 spiro atoms. The van der Waals surface area contributed by atoms with Gasteiger partial charge in [-0.2, -0.15) is 5.10 Å². The van der Waals surface area contributed by atoms with Crippen molar-refractivity contribution in [2.45, 2.75) is 26.2 Å². The number of furan rings is 1. The van der Waals surface area contributed by atoms with Crippen molar-refractivity contribution in [3.8, 4) is 11.5 Å². The SMILES string of the molecule is COc1ccc(NC(=O)c2oc3c(c2C)/C(=N/NC(=O)c2ccc(Cl)cc2Cl)CCC3)c(OC)c1. The standard InChI is InChI=1S/C25H23Cl2N3O5/c1-13-22-19(29-30-24(31)16-9-7-14(26)11-17(16)27)5-4-6-20(22)35-23(13)25(32)28-18-10-8-15(33-2)12-21(18)34-3/h7-12H,4-6H2,1-3H3,(H,28,32)(H,30,31)/b29-19+. The molecule has 35 heavy (non-hydrogen) atoms. The van der Waals surface area contributed by atoms with E-state index >= 15 is 0 Å². The predicted molar refractivity (Wildman–Crippen MR) is 134 cm³/mol. The van der Waals surface area contributed by atoms with E-state index in [1.165, 1.54) is 19.2 Å². The van der Waals surface area contributed by atoms with Gasteiger partial charge in [-0.05, 0) is 50.1 Å². The molecule has 0 radical (unpaired) electrons. The Morgan fingerprint density at radius 1 is 1.03 bits per heavy atom. The van der Waals surface area contributed by atoms with Gasteiger partial charge >= 0.3 is 0 Å². The van der Waals surface area contributed by atoms with E-state index in [0.29, 0.717) is 52.1 Å². The number of hydrogen-bond donors (Lipinski definition) is 2. The largest absolute Gasteiger partial charge is 0.497 e. The summed E-state index contributed by atoms with van der Waals surface area (Å²) in [5, 5.41) is 7.82. The number of halogens is 2. The first-order valence-electron chi connectivity index (χ1n) is 10.8. The topological polar surface area (TPSA) is 102 Å². The monoisotopic (exact) mass is 515 g/mol. The second-order valence-electron chi connectivity index (χ2n) is 7.85. The summed E-state index contributed by atoms with van der Waals surface area (Å²) in [4.78, 5) is 25.7. The molecule has 4 rings (SSSR count). The van der Waals surface area contributed by atoms with E-state index in [-0.39, 0.29) is 16.3 Å². The molecule has 3 aromatic rings. The highest BCUT2D eigenvalue weighted by Gasteiger charge is 2.28. The Labute approximate surface area is 212 Å². The number of hydrogen-bond acceptors (Lipinski definition) is 6. The molecule has 10 heteroatoms. The maximum atomic E-state index is 13.1. The zero-order valence-electron chi connectivity index (χ0n) is 19.3. The third kappa shape index (κ3) is 5.13. The second kappa shape index (κ2) is 10.4. The van der Waals surface area contributed by atoms with Crippen LogP contribution in [0.15, 0.2) is 45.9 Å². The molecule has 0 aliphatic heterocycles. The number of anilines is 1. The summed E-state index contributed by atoms with van der Waals surface area (Å²) in [6.07, 6.45) is 2.05. The molecule has 2 amide bonds. The Hall–Kier alpha value is -3.49. The molecular formula is C25H23Cl2N3O5. The first kappa shape index (κ1) is 24.6. The van der Waals surface area contributed by atoms with E-state index in [0.717, 1.165) is 12.0 Å². The fourth-order valence-corrected chi connectivity index (χ4v) is 4.42. The van der Waals surface area contributed by atoms with Crippen molar-refractivity contribution in [3.63, 3.8) is 0 Å². The first-order valence-corrected chi connectivity index (χ1v) is 11.6. The van der Waals surface area contributed by atoms with Crippen LogP contribution in [0.25, 0.3) is 0 Å². The number of ether oxygens (including phenoxy) is 2. The Kier molecular flexibility index (Phi) is 7.33. The zero-order valence-corrected chi connectivity index (χ0v) is 20.8. The quantitative estimate of drug-likeness (QED) is 0.413. The van der Waals surface area contributed by atoms with Crippen LogP contribution < -0.4 is 20.2 Å². The van der Waals surface area contributed by atoms with E-state index in [1.54, 1.807) is 38.3 Å². The lowest BCUT2D eigenvalue weighted by Crippen LogP contribution is -2.22. The number of rotatable bonds is 6. The summed E-state index contributed by atoms with van der Waals surface area (Å²) < 4.78 is 16.5. The van der Waals surface area contributed by atoms with Gasteiger partial charge in [0.1, 0.15) is 17.3 Å². The van der Waals surface area contributed by atoms with Crippen LogP contribution in [-0.2, 0) is 6.42 Å². The molecule has 0 bridgehead atoms. The number of amides is 2. The molecular weight excluding hydrogens is 493 g/mol. The van der Waals surface area contributed by atoms with Gasteiger partial charge in [0, 0.05) is 28.6 Å². The number of nitrogens with one attached hydrogen (secondary N) is 2. The van der Waals surface area contributed by atoms with Crippen LogP contribution in [0.3, 0.4) is 0 Å². The van der Waals surface area contributed by atoms with Crippen molar-refractivity contribution >= 4 is 46.4 Å². The molecule has 1 aliphatic rings. The van der Waals surface area contributed by atoms with Gasteiger partial charge in [-0.1, -0.05) is 23.2 Å². The van der Waals surface area contributed by atoms with Crippen LogP contribution in [0.5, 0.6) is 11.5 Å². The minimum absolute atomic E-state index is 0.176. The maximum Gasteiger partial charge on any atom is 0.291 e. The van der Waals surface area contributed by atoms with E-state index in [9.17, 15) is 9.59 Å². The maximum absolute atomic E-state index is 13.1. The van der Waals surface area contributed by atoms with Crippen molar-refractivity contribution in [3.05, 3.63) is 74.7 Å². The molecule has 1 aliphatic carbocycles. The Balaban J connectivity index is 1.57. The summed E-state index contributed by atoms with van der Waals surface area (Å²) in [7, 11) is 3.06. The number of nitrogens with zero attached hydrogens (tertiary/aromatic N) is 1. The van der Waals surface area contributed by atoms with Crippen molar-refractivity contribution < 1.29 is 23.5 Å². The summed E-state index contributed by atoms with van der Waals surface area (Å²) in [6, 6.07) is 9.70. The molecule has 0 unspecified atom stereocenters. The molecule has 0 fully saturated rings. The molecule has 2 aromatic carbocycles. The van der Waals surface area contributed by atoms with Crippen LogP contribution in [-0.4, -0.2) is 31.7 Å². The van der Waals surface area contributed by atoms with Gasteiger partial charge in [0.25, 0.3) is 11.8 Å². The van der Waals surface area contributed by atoms with Gasteiger partial charge < -0.3 is 19.2 Å². The van der Waals surface area contributed by atoms with Crippen molar-refractivity contribution in [2.24, 2.45) is 5.10 Å². The van der Waals surface area contributed by atoms with E-state index in [1.807, 2.05) is 0 Å². The van der Waals surface area contributed by atoms with Gasteiger partial charge in [-0.25, -0.2) is 5.43 Å². The number of methoxy groups -OCH3 is 2. The van der Waals surface area contributed by atoms with Crippen LogP contribution in [0, 0.1) is 6.92 Å². The average Bonchev–Trinajstić information content (AvgIpc) is 3.20. The number of aryl methyl sites for hydroxylation is 1. The van der Waals surface area contributed by atoms with Crippen LogP contribution in [0.4, 0.5) is 5.69 Å². The molecule has 1 aromatic heterocycles. The van der Waals surface area contributed by atoms with Crippen LogP contribution in [0.1, 0.15) is 50.6 Å². The highest BCUT2D eigenvalue weighted by Crippen LogP contribution is 2.33. The van der Waals surface area contributed by atoms with Gasteiger partial charge in [0.05, 0.1) is 36.2 Å². The zero-order chi connectivity index (χ0) is 25.1. The number of benzene rings is 2. The number of carbonyl (C=O) groups is 2. The lowest BCUT2D eigenvalue weighted by Gasteiger charge is -2.13. The van der Waals surface area contributed by atoms with E-state index in [2.05, 4.69) is 15.8 Å². The summed E-state index contributed by atoms with van der Waals surface area (Å²) in [5.41, 5.74) is 5.29. The molecule has 0 atom stereocenters. The highest BCUT2D eigenvalue weighted by atomic mass is 35.5. The molecule has 0 saturated heterocycles. The molecule has 1 heterocycles. The molecule has 8 nitrogen and oxygen atoms in total. The highest BCUT2D eigenvalue weighted by molar-refractivity contribution is 6.36. The van der Waals surface area contributed by atoms with E-state index in [4.69, 9.17) is 37.1 Å². The number of fused-ring (bicyclic) bond motifs is 1. The smallest absolute Gasteiger partial charge is 0.291 e. The first-order chi connectivity index (χ1) is 16.8. The van der Waals surface area contributed by atoms with Crippen molar-refractivity contribution in [2.75, 3.05) is 19.5 Å². The minimum atomic E-state index is -0.461. The third-order valence-electron chi connectivity index (χ3n) is 5.66. The van der Waals surface area contributed by atoms with Crippen LogP contribution in [0.2, 0.25) is 10.0 Å². The predicted octanol–water partition coefficient (Wildman–Crippen LogP) is 5.63. The molecule has 2 N–H and O–H groups in total. The summed E-state index contributed by atoms with van der Waals surface area (Å²) >= 11 is 12.0. The van der Waals surface area contributed by atoms with Gasteiger partial charge in [-0.3, -0.25) is 9.59 Å². The third-order valence-corrected chi connectivity index (χ3v) is 6.20. The summed E-state index contributed by atoms with van der Waals surface area (Å²) in [5.74, 6) is 1.01. The molecule has 182 valence electrons. The minimum Gasteiger partial charge on any atom is -0.497 e. The van der Waals surface area contributed by atoms with Crippen molar-refractivity contribution in [1.82, 2.24) is 5.43 Å². The fraction of sp³-hybridized carbons (Fsp3) is 0.240. The van der Waals surface area contributed by atoms with E-state index < -0.39 is 11.8 Å².